The molecular weight excluding hydrogens is 1790 g/mol. The molecule has 0 radical (unpaired) electrons. The molecule has 0 spiro atoms. The minimum Gasteiger partial charge on any atom is -0.507 e. The molecule has 16 N–H and O–H groups in total. The van der Waals surface area contributed by atoms with Gasteiger partial charge >= 0.3 is 5.97 Å². The number of phenols is 2. The molecule has 0 saturated carbocycles. The summed E-state index contributed by atoms with van der Waals surface area (Å²) in [4.78, 5) is 53.1. The summed E-state index contributed by atoms with van der Waals surface area (Å²) in [5.74, 6) is 11.6. The Bertz CT molecular complexity index is 4660. The highest BCUT2D eigenvalue weighted by Gasteiger charge is 2.20. The number of thioether (sulfide) groups is 1. The Morgan fingerprint density at radius 3 is 1.34 bits per heavy atom. The average Bonchev–Trinajstić information content (AvgIpc) is 1.61. The van der Waals surface area contributed by atoms with Gasteiger partial charge < -0.3 is 55.0 Å². The lowest BCUT2D eigenvalue weighted by Gasteiger charge is -2.29. The number of H-pyrrole nitrogens is 1. The highest BCUT2D eigenvalue weighted by atomic mass is 79.9. The van der Waals surface area contributed by atoms with Crippen molar-refractivity contribution in [2.75, 3.05) is 98.9 Å². The number of nitrogens with one attached hydrogen (secondary N) is 5. The van der Waals surface area contributed by atoms with Crippen LogP contribution in [0.15, 0.2) is 161 Å². The molecule has 33 heteroatoms. The van der Waals surface area contributed by atoms with E-state index < -0.39 is 11.7 Å². The van der Waals surface area contributed by atoms with Crippen molar-refractivity contribution in [1.82, 2.24) is 31.0 Å². The number of nitrogens with zero attached hydrogens (tertiary/aromatic N) is 6. The quantitative estimate of drug-likeness (QED) is 0.0109. The molecule has 110 heavy (non-hydrogen) atoms. The van der Waals surface area contributed by atoms with Crippen molar-refractivity contribution in [1.29, 1.82) is 5.26 Å². The number of hydrazine groups is 3. The number of nitrogens with two attached hydrogens (primary N) is 3. The normalized spacial score (nSPS) is 12.6. The maximum Gasteiger partial charge on any atom is 0.339 e. The summed E-state index contributed by atoms with van der Waals surface area (Å²) in [6.45, 7) is 27.7. The van der Waals surface area contributed by atoms with Crippen LogP contribution in [0.5, 0.6) is 11.5 Å². The molecule has 3 fully saturated rings. The van der Waals surface area contributed by atoms with Gasteiger partial charge in [-0.3, -0.25) is 52.0 Å². The number of aryl methyl sites for hydroxylation is 8. The number of carboxylic acids is 1. The third-order valence-corrected chi connectivity index (χ3v) is 22.0. The molecule has 1 aromatic heterocycles. The van der Waals surface area contributed by atoms with E-state index in [1.165, 1.54) is 28.7 Å². The summed E-state index contributed by atoms with van der Waals surface area (Å²) in [5, 5.41) is 48.0. The zero-order valence-electron chi connectivity index (χ0n) is 61.9. The number of phenolic OH excluding ortho intramolecular Hbond substituents is 1. The summed E-state index contributed by atoms with van der Waals surface area (Å²) in [5.41, 5.74) is 24.3. The van der Waals surface area contributed by atoms with Crippen LogP contribution >= 0.6 is 116 Å². The number of morpholine rings is 3. The van der Waals surface area contributed by atoms with E-state index >= 15 is 0 Å². The molecule has 0 bridgehead atoms. The molecule has 0 unspecified atom stereocenters. The van der Waals surface area contributed by atoms with Crippen molar-refractivity contribution in [2.24, 2.45) is 17.5 Å². The van der Waals surface area contributed by atoms with Gasteiger partial charge in [-0.1, -0.05) is 88.0 Å². The number of anilines is 4. The van der Waals surface area contributed by atoms with E-state index in [2.05, 4.69) is 206 Å². The molecule has 3 aliphatic rings. The number of thiocarbonyl (C=S) groups is 1. The molecule has 3 saturated heterocycles. The van der Waals surface area contributed by atoms with E-state index in [1.807, 2.05) is 113 Å². The molecule has 586 valence electrons. The lowest BCUT2D eigenvalue weighted by molar-refractivity contribution is 0.0692. The lowest BCUT2D eigenvalue weighted by atomic mass is 10.0. The maximum absolute atomic E-state index is 12.4. The topological polar surface area (TPSA) is 381 Å². The number of Topliss-reactive ketones (excluding diaryl/α,β-unsaturated/α-hetero) is 1. The number of carbonyl (C=O) groups excluding carboxylic acids is 3. The second kappa shape index (κ2) is 46.0. The van der Waals surface area contributed by atoms with Crippen LogP contribution in [0.2, 0.25) is 0 Å². The Labute approximate surface area is 696 Å². The molecule has 9 aromatic rings. The number of carbonyl (C=O) groups is 4. The third kappa shape index (κ3) is 27.4. The van der Waals surface area contributed by atoms with Crippen LogP contribution in [-0.4, -0.2) is 143 Å². The number of thiocyanates is 1. The number of halogens is 5. The number of aromatic hydroxyl groups is 2. The van der Waals surface area contributed by atoms with Gasteiger partial charge in [-0.05, 0) is 262 Å². The van der Waals surface area contributed by atoms with Crippen LogP contribution in [0.4, 0.5) is 22.7 Å². The minimum absolute atomic E-state index is 0. The molecule has 25 nitrogen and oxygen atoms in total. The fourth-order valence-electron chi connectivity index (χ4n) is 11.1. The molecule has 4 heterocycles. The molecular formula is C77H89Br5N14O11S3. The van der Waals surface area contributed by atoms with Crippen molar-refractivity contribution < 1.29 is 54.2 Å². The largest absolute Gasteiger partial charge is 0.507 e. The number of aromatic amines is 1. The lowest BCUT2D eigenvalue weighted by Crippen LogP contribution is -2.44. The highest BCUT2D eigenvalue weighted by molar-refractivity contribution is 9.11. The number of hydrogen-bond acceptors (Lipinski definition) is 20. The number of amides is 2. The number of carboxylic acid groups (broad SMARTS) is 1. The smallest absolute Gasteiger partial charge is 0.339 e. The second-order valence-electron chi connectivity index (χ2n) is 24.6. The predicted octanol–water partition coefficient (Wildman–Crippen LogP) is 14.9. The summed E-state index contributed by atoms with van der Waals surface area (Å²) in [6.07, 6.45) is 0. The van der Waals surface area contributed by atoms with Crippen LogP contribution in [0, 0.1) is 70.8 Å². The Hall–Kier alpha value is -8.15. The van der Waals surface area contributed by atoms with Crippen LogP contribution < -0.4 is 53.8 Å². The van der Waals surface area contributed by atoms with Crippen molar-refractivity contribution in [3.05, 3.63) is 227 Å². The van der Waals surface area contributed by atoms with Crippen molar-refractivity contribution >= 4 is 167 Å². The van der Waals surface area contributed by atoms with Crippen LogP contribution in [0.1, 0.15) is 92.9 Å². The Morgan fingerprint density at radius 1 is 0.527 bits per heavy atom. The number of hydrogen-bond donors (Lipinski definition) is 11. The van der Waals surface area contributed by atoms with Gasteiger partial charge in [0, 0.05) is 113 Å². The van der Waals surface area contributed by atoms with Crippen molar-refractivity contribution in [2.45, 2.75) is 67.2 Å². The summed E-state index contributed by atoms with van der Waals surface area (Å²) in [7, 11) is 0. The molecule has 3 aliphatic heterocycles. The first kappa shape index (κ1) is 92.5. The first-order valence-corrected chi connectivity index (χ1v) is 39.3. The minimum atomic E-state index is -1.24. The van der Waals surface area contributed by atoms with E-state index in [9.17, 15) is 19.2 Å². The van der Waals surface area contributed by atoms with Crippen molar-refractivity contribution in [3.8, 4) is 34.0 Å². The monoisotopic (exact) mass is 1880 g/mol. The van der Waals surface area contributed by atoms with E-state index in [4.69, 9.17) is 65.1 Å². The number of nitriles is 1. The fourth-order valence-corrected chi connectivity index (χ4v) is 13.6. The molecule has 8 aromatic carbocycles. The number of nitrogen functional groups attached to an aromatic ring is 1. The van der Waals surface area contributed by atoms with E-state index in [-0.39, 0.29) is 38.9 Å². The first-order chi connectivity index (χ1) is 52.0. The molecule has 0 atom stereocenters. The zero-order valence-corrected chi connectivity index (χ0v) is 72.3. The average molecular weight is 1880 g/mol. The highest BCUT2D eigenvalue weighted by Crippen LogP contribution is 2.34. The van der Waals surface area contributed by atoms with E-state index in [0.717, 1.165) is 187 Å². The maximum atomic E-state index is 12.4. The summed E-state index contributed by atoms with van der Waals surface area (Å²) < 4.78 is 22.8. The van der Waals surface area contributed by atoms with Gasteiger partial charge in [0.25, 0.3) is 11.8 Å². The summed E-state index contributed by atoms with van der Waals surface area (Å²) in [6, 6.07) is 42.3. The first-order valence-electron chi connectivity index (χ1n) is 33.8. The van der Waals surface area contributed by atoms with Gasteiger partial charge in [-0.25, -0.2) is 10.6 Å². The third-order valence-electron chi connectivity index (χ3n) is 16.9. The number of ether oxygens (including phenoxy) is 3. The standard InChI is InChI=1S/C20H23BrN4O2S.C20H21BrN4OS.C11H12N2OS.C10H11BrO.C9H11BrN2O.C7H5BrO4.H4N2.H2O/c1-13-11-14(2)18(21)12-17(13)19(26)23-24-20(28)22-15-3-5-16(6-4-15)25-7-9-27-10-8-25;1-13-11-14(2)18(21)12-17(13)19-22-23-20(27)25(19)16-5-3-15(4-6-16)24-7-9-26-10-8-24;12-9-15-11-3-1-10(2-4-11)13-5-7-14-8-6-13;1-6-4-7(2)10(11)5-9(6)8(3)12;1-5-3-6(2)8(10)4-7(5)9(13)12-11;8-4-1-3(7(11)12)5(9)2-6(4)10;1-2;/h3-6,11-12H,7-10H2,1-2H3,(H,23,26)(H2,22,24,28);3-6,11-12H,7-10H2,1-2H3,(H,23,27);1-4H,5-8H2;4-5H,1-3H3;3-4H,11H2,1-2H3,(H,12,13);1-2,9-10H,(H,11,12);1-2H2;1H2. The van der Waals surface area contributed by atoms with Gasteiger partial charge in [-0.2, -0.15) is 10.4 Å². The van der Waals surface area contributed by atoms with E-state index in [0.29, 0.717) is 21.0 Å². The fraction of sp³-hybridized carbons (Fsp3) is 0.273. The SMILES string of the molecule is CC(=O)c1cc(Br)c(C)cc1C.Cc1cc(C)c(-c2n[nH]c(=S)n2-c2ccc(N3CCOCC3)cc2)cc1Br.Cc1cc(C)c(C(=O)NN)cc1Br.Cc1cc(C)c(C(=O)NNC(=S)Nc2ccc(N3CCOCC3)cc2)cc1Br.N#CSc1ccc(N2CCOCC2)cc1.NN.O.O=C(O)c1cc(Br)c(O)cc1O. The second-order valence-corrected chi connectivity index (χ2v) is 30.5. The van der Waals surface area contributed by atoms with Crippen LogP contribution in [-0.2, 0) is 14.2 Å². The zero-order chi connectivity index (χ0) is 80.2. The number of benzene rings is 8. The molecule has 2 amide bonds. The Balaban J connectivity index is 0.000000244. The van der Waals surface area contributed by atoms with Gasteiger partial charge in [0.15, 0.2) is 21.5 Å². The number of aromatic carboxylic acids is 1. The predicted molar refractivity (Wildman–Crippen MR) is 461 cm³/mol. The van der Waals surface area contributed by atoms with Gasteiger partial charge in [0.05, 0.1) is 49.8 Å². The Morgan fingerprint density at radius 2 is 0.909 bits per heavy atom. The summed E-state index contributed by atoms with van der Waals surface area (Å²) >= 11 is 28.7. The van der Waals surface area contributed by atoms with Crippen LogP contribution in [0.25, 0.3) is 17.1 Å². The van der Waals surface area contributed by atoms with Gasteiger partial charge in [-0.15, -0.1) is 0 Å². The number of aromatic nitrogens is 3. The molecule has 12 rings (SSSR count). The Kier molecular flexibility index (Phi) is 38.7. The number of ketones is 1. The van der Waals surface area contributed by atoms with E-state index in [1.54, 1.807) is 13.0 Å². The van der Waals surface area contributed by atoms with Gasteiger partial charge in [0.1, 0.15) is 22.5 Å². The number of rotatable bonds is 11. The van der Waals surface area contributed by atoms with Gasteiger partial charge in [0.2, 0.25) is 0 Å². The van der Waals surface area contributed by atoms with Crippen molar-refractivity contribution in [3.63, 3.8) is 0 Å². The van der Waals surface area contributed by atoms with Crippen LogP contribution in [0.3, 0.4) is 0 Å². The molecule has 0 aliphatic carbocycles.